The second kappa shape index (κ2) is 5.24. The van der Waals surface area contributed by atoms with Crippen LogP contribution in [0.2, 0.25) is 0 Å². The van der Waals surface area contributed by atoms with Crippen LogP contribution in [-0.2, 0) is 11.2 Å². The van der Waals surface area contributed by atoms with Crippen molar-refractivity contribution in [2.24, 2.45) is 0 Å². The number of carbonyl (C=O) groups is 1. The lowest BCUT2D eigenvalue weighted by molar-refractivity contribution is -0.136. The van der Waals surface area contributed by atoms with Crippen molar-refractivity contribution in [3.05, 3.63) is 40.8 Å². The normalized spacial score (nSPS) is 12.7. The van der Waals surface area contributed by atoms with E-state index in [-0.39, 0.29) is 13.2 Å². The monoisotopic (exact) mass is 327 g/mol. The number of aromatic nitrogens is 1. The summed E-state index contributed by atoms with van der Waals surface area (Å²) < 4.78 is 10.8. The highest BCUT2D eigenvalue weighted by molar-refractivity contribution is 7.13. The number of pyridine rings is 1. The van der Waals surface area contributed by atoms with Crippen LogP contribution in [0, 0.1) is 6.92 Å². The number of ether oxygens (including phenoxy) is 2. The number of carboxylic acids is 1. The molecule has 0 atom stereocenters. The summed E-state index contributed by atoms with van der Waals surface area (Å²) in [5.41, 5.74) is 3.17. The van der Waals surface area contributed by atoms with Crippen molar-refractivity contribution >= 4 is 28.2 Å². The molecule has 0 saturated carbocycles. The Kier molecular flexibility index (Phi) is 3.20. The van der Waals surface area contributed by atoms with Crippen LogP contribution in [0.15, 0.2) is 29.6 Å². The maximum atomic E-state index is 11.3. The van der Waals surface area contributed by atoms with Crippen LogP contribution >= 0.6 is 11.3 Å². The number of aryl methyl sites for hydroxylation is 1. The zero-order valence-electron chi connectivity index (χ0n) is 12.3. The van der Waals surface area contributed by atoms with E-state index in [4.69, 9.17) is 14.5 Å². The SMILES string of the molecule is Cc1c(CC(=O)O)c(-c2cccs2)nc2cc3c(cc12)OCO3. The van der Waals surface area contributed by atoms with E-state index >= 15 is 0 Å². The van der Waals surface area contributed by atoms with Crippen LogP contribution in [0.1, 0.15) is 11.1 Å². The number of benzene rings is 1. The number of thiophene rings is 1. The van der Waals surface area contributed by atoms with Gasteiger partial charge in [-0.25, -0.2) is 4.98 Å². The molecular weight excluding hydrogens is 314 g/mol. The predicted molar refractivity (Wildman–Crippen MR) is 87.3 cm³/mol. The minimum atomic E-state index is -0.868. The molecule has 3 heterocycles. The van der Waals surface area contributed by atoms with E-state index in [1.807, 2.05) is 36.6 Å². The van der Waals surface area contributed by atoms with E-state index in [0.29, 0.717) is 11.5 Å². The second-order valence-electron chi connectivity index (χ2n) is 5.33. The van der Waals surface area contributed by atoms with E-state index < -0.39 is 5.97 Å². The molecule has 0 radical (unpaired) electrons. The van der Waals surface area contributed by atoms with Gasteiger partial charge in [0.25, 0.3) is 0 Å². The first-order valence-electron chi connectivity index (χ1n) is 7.12. The lowest BCUT2D eigenvalue weighted by Crippen LogP contribution is -2.06. The van der Waals surface area contributed by atoms with Gasteiger partial charge in [-0.1, -0.05) is 6.07 Å². The summed E-state index contributed by atoms with van der Waals surface area (Å²) in [5, 5.41) is 12.1. The van der Waals surface area contributed by atoms with Crippen molar-refractivity contribution in [1.29, 1.82) is 0 Å². The van der Waals surface area contributed by atoms with Gasteiger partial charge in [0.1, 0.15) is 0 Å². The van der Waals surface area contributed by atoms with Gasteiger partial charge in [0, 0.05) is 11.5 Å². The van der Waals surface area contributed by atoms with Crippen molar-refractivity contribution < 1.29 is 19.4 Å². The Bertz CT molecular complexity index is 918. The van der Waals surface area contributed by atoms with Crippen LogP contribution in [-0.4, -0.2) is 22.9 Å². The molecule has 5 nitrogen and oxygen atoms in total. The fraction of sp³-hybridized carbons (Fsp3) is 0.176. The quantitative estimate of drug-likeness (QED) is 0.795. The van der Waals surface area contributed by atoms with Gasteiger partial charge >= 0.3 is 5.97 Å². The summed E-state index contributed by atoms with van der Waals surface area (Å²) in [5.74, 6) is 0.480. The number of fused-ring (bicyclic) bond motifs is 2. The third-order valence-electron chi connectivity index (χ3n) is 3.95. The summed E-state index contributed by atoms with van der Waals surface area (Å²) in [4.78, 5) is 17.0. The zero-order valence-corrected chi connectivity index (χ0v) is 13.1. The van der Waals surface area contributed by atoms with Crippen LogP contribution in [0.5, 0.6) is 11.5 Å². The summed E-state index contributed by atoms with van der Waals surface area (Å²) in [7, 11) is 0. The number of aliphatic carboxylic acids is 1. The molecule has 2 aromatic heterocycles. The van der Waals surface area contributed by atoms with E-state index in [0.717, 1.165) is 32.6 Å². The van der Waals surface area contributed by atoms with Gasteiger partial charge in [-0.3, -0.25) is 4.79 Å². The molecule has 0 amide bonds. The highest BCUT2D eigenvalue weighted by atomic mass is 32.1. The Morgan fingerprint density at radius 3 is 2.83 bits per heavy atom. The largest absolute Gasteiger partial charge is 0.481 e. The topological polar surface area (TPSA) is 68.7 Å². The average molecular weight is 327 g/mol. The highest BCUT2D eigenvalue weighted by Gasteiger charge is 2.21. The number of nitrogens with zero attached hydrogens (tertiary/aromatic N) is 1. The minimum absolute atomic E-state index is 0.0591. The number of hydrogen-bond donors (Lipinski definition) is 1. The van der Waals surface area contributed by atoms with Gasteiger partial charge < -0.3 is 14.6 Å². The Labute approximate surface area is 136 Å². The Hall–Kier alpha value is -2.60. The summed E-state index contributed by atoms with van der Waals surface area (Å²) >= 11 is 1.55. The molecule has 0 spiro atoms. The maximum absolute atomic E-state index is 11.3. The molecule has 1 aliphatic rings. The second-order valence-corrected chi connectivity index (χ2v) is 6.28. The Morgan fingerprint density at radius 2 is 2.13 bits per heavy atom. The Balaban J connectivity index is 2.02. The first-order valence-corrected chi connectivity index (χ1v) is 8.00. The third-order valence-corrected chi connectivity index (χ3v) is 4.82. The summed E-state index contributed by atoms with van der Waals surface area (Å²) in [6, 6.07) is 7.62. The van der Waals surface area contributed by atoms with Gasteiger partial charge in [0.05, 0.1) is 22.5 Å². The molecule has 0 fully saturated rings. The van der Waals surface area contributed by atoms with Crippen LogP contribution in [0.4, 0.5) is 0 Å². The number of hydrogen-bond acceptors (Lipinski definition) is 5. The van der Waals surface area contributed by atoms with Gasteiger partial charge in [-0.2, -0.15) is 0 Å². The molecule has 1 aromatic carbocycles. The first kappa shape index (κ1) is 14.0. The predicted octanol–water partition coefficient (Wildman–Crippen LogP) is 3.63. The average Bonchev–Trinajstić information content (AvgIpc) is 3.18. The van der Waals surface area contributed by atoms with Crippen molar-refractivity contribution in [3.63, 3.8) is 0 Å². The molecule has 23 heavy (non-hydrogen) atoms. The van der Waals surface area contributed by atoms with Gasteiger partial charge in [-0.05, 0) is 35.6 Å². The van der Waals surface area contributed by atoms with Gasteiger partial charge in [-0.15, -0.1) is 11.3 Å². The molecule has 0 unspecified atom stereocenters. The molecule has 0 bridgehead atoms. The molecule has 4 rings (SSSR count). The molecule has 1 aliphatic heterocycles. The molecule has 3 aromatic rings. The van der Waals surface area contributed by atoms with Crippen molar-refractivity contribution in [3.8, 4) is 22.1 Å². The van der Waals surface area contributed by atoms with Crippen molar-refractivity contribution in [2.75, 3.05) is 6.79 Å². The fourth-order valence-corrected chi connectivity index (χ4v) is 3.58. The zero-order chi connectivity index (χ0) is 16.0. The summed E-state index contributed by atoms with van der Waals surface area (Å²) in [6.45, 7) is 2.13. The highest BCUT2D eigenvalue weighted by Crippen LogP contribution is 2.39. The molecular formula is C17H13NO4S. The molecule has 116 valence electrons. The van der Waals surface area contributed by atoms with Gasteiger partial charge in [0.15, 0.2) is 11.5 Å². The Morgan fingerprint density at radius 1 is 1.35 bits per heavy atom. The third kappa shape index (κ3) is 2.31. The molecule has 0 saturated heterocycles. The molecule has 6 heteroatoms. The fourth-order valence-electron chi connectivity index (χ4n) is 2.84. The first-order chi connectivity index (χ1) is 11.1. The number of carboxylic acid groups (broad SMARTS) is 1. The van der Waals surface area contributed by atoms with Crippen LogP contribution < -0.4 is 9.47 Å². The lowest BCUT2D eigenvalue weighted by Gasteiger charge is -2.13. The van der Waals surface area contributed by atoms with Crippen LogP contribution in [0.3, 0.4) is 0 Å². The van der Waals surface area contributed by atoms with E-state index in [1.165, 1.54) is 0 Å². The number of rotatable bonds is 3. The van der Waals surface area contributed by atoms with E-state index in [1.54, 1.807) is 11.3 Å². The summed E-state index contributed by atoms with van der Waals surface area (Å²) in [6.07, 6.45) is -0.0591. The van der Waals surface area contributed by atoms with E-state index in [9.17, 15) is 9.90 Å². The minimum Gasteiger partial charge on any atom is -0.481 e. The van der Waals surface area contributed by atoms with Crippen molar-refractivity contribution in [2.45, 2.75) is 13.3 Å². The lowest BCUT2D eigenvalue weighted by atomic mass is 9.98. The smallest absolute Gasteiger partial charge is 0.307 e. The molecule has 1 N–H and O–H groups in total. The van der Waals surface area contributed by atoms with E-state index in [2.05, 4.69) is 0 Å². The van der Waals surface area contributed by atoms with Gasteiger partial charge in [0.2, 0.25) is 6.79 Å². The standard InChI is InChI=1S/C17H13NO4S/c1-9-10-5-13-14(22-8-21-13)7-12(10)18-17(11(9)6-16(19)20)15-3-2-4-23-15/h2-5,7H,6,8H2,1H3,(H,19,20). The maximum Gasteiger partial charge on any atom is 0.307 e. The molecule has 0 aliphatic carbocycles. The van der Waals surface area contributed by atoms with Crippen LogP contribution in [0.25, 0.3) is 21.5 Å². The van der Waals surface area contributed by atoms with Crippen molar-refractivity contribution in [1.82, 2.24) is 4.98 Å².